The van der Waals surface area contributed by atoms with E-state index in [9.17, 15) is 0 Å². The standard InChI is InChI=1S/C44H28N4S/c1-3-11-31(12-4-1)42-46-43(32-13-5-2-6-14-32)48-44(47-42)34-16-7-15-33(27-34)37-19-9-21-39-38-20-8-18-36(40(38)49-41(37)39)30-24-22-29(23-25-30)35-17-10-26-45-28-35/h1-28H. The first-order chi connectivity index (χ1) is 24.3. The minimum absolute atomic E-state index is 0.648. The molecule has 0 saturated heterocycles. The van der Waals surface area contributed by atoms with Gasteiger partial charge in [0.1, 0.15) is 0 Å². The summed E-state index contributed by atoms with van der Waals surface area (Å²) in [5.41, 5.74) is 9.89. The summed E-state index contributed by atoms with van der Waals surface area (Å²) in [6.07, 6.45) is 3.71. The van der Waals surface area contributed by atoms with E-state index >= 15 is 0 Å². The van der Waals surface area contributed by atoms with Gasteiger partial charge < -0.3 is 0 Å². The highest BCUT2D eigenvalue weighted by atomic mass is 32.1. The predicted molar refractivity (Wildman–Crippen MR) is 203 cm³/mol. The van der Waals surface area contributed by atoms with Crippen molar-refractivity contribution in [3.63, 3.8) is 0 Å². The van der Waals surface area contributed by atoms with Gasteiger partial charge in [-0.05, 0) is 45.5 Å². The summed E-state index contributed by atoms with van der Waals surface area (Å²) in [7, 11) is 0. The first-order valence-corrected chi connectivity index (χ1v) is 17.0. The lowest BCUT2D eigenvalue weighted by molar-refractivity contribution is 1.07. The van der Waals surface area contributed by atoms with Crippen molar-refractivity contribution < 1.29 is 0 Å². The molecule has 0 bridgehead atoms. The maximum absolute atomic E-state index is 4.98. The van der Waals surface area contributed by atoms with Gasteiger partial charge >= 0.3 is 0 Å². The minimum atomic E-state index is 0.648. The van der Waals surface area contributed by atoms with Crippen molar-refractivity contribution in [1.29, 1.82) is 0 Å². The Morgan fingerprint density at radius 3 is 1.43 bits per heavy atom. The highest BCUT2D eigenvalue weighted by Gasteiger charge is 2.16. The minimum Gasteiger partial charge on any atom is -0.264 e. The fourth-order valence-corrected chi connectivity index (χ4v) is 7.79. The number of pyridine rings is 1. The van der Waals surface area contributed by atoms with Crippen LogP contribution in [0.2, 0.25) is 0 Å². The van der Waals surface area contributed by atoms with Gasteiger partial charge in [-0.15, -0.1) is 11.3 Å². The molecule has 9 rings (SSSR count). The van der Waals surface area contributed by atoms with Crippen molar-refractivity contribution in [2.75, 3.05) is 0 Å². The second kappa shape index (κ2) is 12.4. The Kier molecular flexibility index (Phi) is 7.30. The fraction of sp³-hybridized carbons (Fsp3) is 0. The van der Waals surface area contributed by atoms with Crippen molar-refractivity contribution in [3.8, 4) is 67.5 Å². The van der Waals surface area contributed by atoms with Crippen LogP contribution in [0.15, 0.2) is 170 Å². The van der Waals surface area contributed by atoms with E-state index in [1.54, 1.807) is 6.20 Å². The van der Waals surface area contributed by atoms with Crippen LogP contribution in [0.25, 0.3) is 87.7 Å². The van der Waals surface area contributed by atoms with Crippen molar-refractivity contribution in [2.45, 2.75) is 0 Å². The Labute approximate surface area is 288 Å². The van der Waals surface area contributed by atoms with Crippen LogP contribution in [0.5, 0.6) is 0 Å². The largest absolute Gasteiger partial charge is 0.264 e. The van der Waals surface area contributed by atoms with E-state index in [2.05, 4.69) is 96.0 Å². The average molecular weight is 645 g/mol. The molecule has 9 aromatic rings. The molecule has 4 nitrogen and oxygen atoms in total. The molecule has 0 radical (unpaired) electrons. The molecule has 0 aliphatic heterocycles. The van der Waals surface area contributed by atoms with Crippen LogP contribution in [0.4, 0.5) is 0 Å². The lowest BCUT2D eigenvalue weighted by atomic mass is 9.98. The van der Waals surface area contributed by atoms with Crippen LogP contribution < -0.4 is 0 Å². The number of rotatable bonds is 6. The molecule has 0 N–H and O–H groups in total. The SMILES string of the molecule is c1ccc(-c2nc(-c3ccccc3)nc(-c3cccc(-c4cccc5c4sc4c(-c6ccc(-c7cccnc7)cc6)cccc45)c3)n2)cc1. The van der Waals surface area contributed by atoms with Gasteiger partial charge in [0.05, 0.1) is 0 Å². The van der Waals surface area contributed by atoms with Gasteiger partial charge in [-0.3, -0.25) is 4.98 Å². The van der Waals surface area contributed by atoms with Crippen LogP contribution in [0.3, 0.4) is 0 Å². The summed E-state index contributed by atoms with van der Waals surface area (Å²) >= 11 is 1.86. The third-order valence-electron chi connectivity index (χ3n) is 8.85. The quantitative estimate of drug-likeness (QED) is 0.181. The molecule has 0 saturated carbocycles. The number of aromatic nitrogens is 4. The summed E-state index contributed by atoms with van der Waals surface area (Å²) in [6.45, 7) is 0. The topological polar surface area (TPSA) is 51.6 Å². The fourth-order valence-electron chi connectivity index (χ4n) is 6.41. The van der Waals surface area contributed by atoms with E-state index in [0.717, 1.165) is 33.4 Å². The number of hydrogen-bond donors (Lipinski definition) is 0. The van der Waals surface area contributed by atoms with Gasteiger partial charge in [-0.25, -0.2) is 15.0 Å². The van der Waals surface area contributed by atoms with E-state index in [0.29, 0.717) is 17.5 Å². The molecule has 0 unspecified atom stereocenters. The summed E-state index contributed by atoms with van der Waals surface area (Å²) < 4.78 is 2.55. The van der Waals surface area contributed by atoms with E-state index in [4.69, 9.17) is 15.0 Å². The van der Waals surface area contributed by atoms with Crippen molar-refractivity contribution >= 4 is 31.5 Å². The Hall–Kier alpha value is -6.30. The Bertz CT molecular complexity index is 2520. The number of fused-ring (bicyclic) bond motifs is 3. The zero-order chi connectivity index (χ0) is 32.6. The van der Waals surface area contributed by atoms with Crippen LogP contribution in [-0.4, -0.2) is 19.9 Å². The molecule has 0 fully saturated rings. The van der Waals surface area contributed by atoms with Crippen LogP contribution in [-0.2, 0) is 0 Å². The maximum atomic E-state index is 4.98. The smallest absolute Gasteiger partial charge is 0.164 e. The van der Waals surface area contributed by atoms with Gasteiger partial charge in [0.15, 0.2) is 17.5 Å². The Morgan fingerprint density at radius 1 is 0.347 bits per heavy atom. The second-order valence-corrected chi connectivity index (χ2v) is 12.9. The molecule has 3 heterocycles. The first-order valence-electron chi connectivity index (χ1n) is 16.2. The van der Waals surface area contributed by atoms with Crippen LogP contribution in [0, 0.1) is 0 Å². The molecule has 0 spiro atoms. The van der Waals surface area contributed by atoms with Gasteiger partial charge in [-0.2, -0.15) is 0 Å². The summed E-state index contributed by atoms with van der Waals surface area (Å²) in [6, 6.07) is 54.9. The molecular weight excluding hydrogens is 617 g/mol. The average Bonchev–Trinajstić information content (AvgIpc) is 3.58. The Balaban J connectivity index is 1.15. The van der Waals surface area contributed by atoms with Crippen molar-refractivity contribution in [2.24, 2.45) is 0 Å². The van der Waals surface area contributed by atoms with E-state index < -0.39 is 0 Å². The number of thiophene rings is 1. The highest BCUT2D eigenvalue weighted by molar-refractivity contribution is 7.26. The molecule has 0 atom stereocenters. The first kappa shape index (κ1) is 28.9. The van der Waals surface area contributed by atoms with Crippen LogP contribution in [0.1, 0.15) is 0 Å². The molecule has 0 amide bonds. The number of benzene rings is 6. The molecule has 3 aromatic heterocycles. The van der Waals surface area contributed by atoms with E-state index in [-0.39, 0.29) is 0 Å². The lowest BCUT2D eigenvalue weighted by Gasteiger charge is -2.10. The van der Waals surface area contributed by atoms with Gasteiger partial charge in [0, 0.05) is 49.3 Å². The van der Waals surface area contributed by atoms with Gasteiger partial charge in [-0.1, -0.05) is 146 Å². The van der Waals surface area contributed by atoms with Gasteiger partial charge in [0.25, 0.3) is 0 Å². The second-order valence-electron chi connectivity index (χ2n) is 11.9. The molecule has 49 heavy (non-hydrogen) atoms. The number of hydrogen-bond acceptors (Lipinski definition) is 5. The third kappa shape index (κ3) is 5.46. The van der Waals surface area contributed by atoms with E-state index in [1.807, 2.05) is 84.3 Å². The van der Waals surface area contributed by atoms with E-state index in [1.165, 1.54) is 36.9 Å². The molecule has 0 aliphatic carbocycles. The summed E-state index contributed by atoms with van der Waals surface area (Å²) in [5, 5.41) is 2.53. The summed E-state index contributed by atoms with van der Waals surface area (Å²) in [4.78, 5) is 19.1. The zero-order valence-corrected chi connectivity index (χ0v) is 27.2. The molecule has 6 aromatic carbocycles. The molecular formula is C44H28N4S. The number of nitrogens with zero attached hydrogens (tertiary/aromatic N) is 4. The lowest BCUT2D eigenvalue weighted by Crippen LogP contribution is -2.00. The maximum Gasteiger partial charge on any atom is 0.164 e. The predicted octanol–water partition coefficient (Wildman–Crippen LogP) is 11.6. The zero-order valence-electron chi connectivity index (χ0n) is 26.4. The highest BCUT2D eigenvalue weighted by Crippen LogP contribution is 2.44. The molecule has 5 heteroatoms. The third-order valence-corrected chi connectivity index (χ3v) is 10.1. The Morgan fingerprint density at radius 2 is 0.837 bits per heavy atom. The molecule has 0 aliphatic rings. The summed E-state index contributed by atoms with van der Waals surface area (Å²) in [5.74, 6) is 1.96. The van der Waals surface area contributed by atoms with Gasteiger partial charge in [0.2, 0.25) is 0 Å². The van der Waals surface area contributed by atoms with Crippen molar-refractivity contribution in [1.82, 2.24) is 19.9 Å². The normalized spacial score (nSPS) is 11.3. The monoisotopic (exact) mass is 644 g/mol. The van der Waals surface area contributed by atoms with Crippen LogP contribution >= 0.6 is 11.3 Å². The molecule has 230 valence electrons. The van der Waals surface area contributed by atoms with Crippen molar-refractivity contribution in [3.05, 3.63) is 170 Å².